The lowest BCUT2D eigenvalue weighted by Crippen LogP contribution is -2.49. The van der Waals surface area contributed by atoms with Gasteiger partial charge in [-0.1, -0.05) is 0 Å². The fraction of sp³-hybridized carbons (Fsp3) is 0.588. The molecule has 0 aliphatic carbocycles. The molecule has 3 rings (SSSR count). The van der Waals surface area contributed by atoms with Gasteiger partial charge in [-0.2, -0.15) is 4.31 Å². The van der Waals surface area contributed by atoms with Crippen LogP contribution in [0.15, 0.2) is 34.1 Å². The van der Waals surface area contributed by atoms with Crippen molar-refractivity contribution >= 4 is 35.7 Å². The van der Waals surface area contributed by atoms with E-state index in [-0.39, 0.29) is 54.7 Å². The van der Waals surface area contributed by atoms with Crippen LogP contribution in [-0.2, 0) is 23.9 Å². The van der Waals surface area contributed by atoms with E-state index in [1.807, 2.05) is 0 Å². The number of piperidine rings is 2. The lowest BCUT2D eigenvalue weighted by Gasteiger charge is -2.37. The van der Waals surface area contributed by atoms with Crippen molar-refractivity contribution in [1.82, 2.24) is 9.21 Å². The molecular weight excluding hydrogens is 450 g/mol. The van der Waals surface area contributed by atoms with Gasteiger partial charge >= 0.3 is 0 Å². The van der Waals surface area contributed by atoms with Crippen LogP contribution in [0, 0.1) is 5.92 Å². The molecule has 0 unspecified atom stereocenters. The molecule has 1 amide bonds. The molecule has 1 aromatic rings. The van der Waals surface area contributed by atoms with Crippen LogP contribution in [0.1, 0.15) is 25.7 Å². The Morgan fingerprint density at radius 1 is 1.00 bits per heavy atom. The first kappa shape index (κ1) is 22.4. The Balaban J connectivity index is 1.72. The summed E-state index contributed by atoms with van der Waals surface area (Å²) in [5.41, 5.74) is 0. The third-order valence-electron chi connectivity index (χ3n) is 5.28. The molecule has 0 radical (unpaired) electrons. The van der Waals surface area contributed by atoms with E-state index in [1.54, 1.807) is 0 Å². The van der Waals surface area contributed by atoms with Crippen LogP contribution in [0.5, 0.6) is 0 Å². The number of amides is 1. The van der Waals surface area contributed by atoms with Gasteiger partial charge in [0, 0.05) is 49.7 Å². The van der Waals surface area contributed by atoms with Gasteiger partial charge in [0.2, 0.25) is 15.9 Å². The highest BCUT2D eigenvalue weighted by Crippen LogP contribution is 2.30. The summed E-state index contributed by atoms with van der Waals surface area (Å²) in [5, 5.41) is 0. The minimum Gasteiger partial charge on any atom is -0.342 e. The van der Waals surface area contributed by atoms with Crippen molar-refractivity contribution in [3.05, 3.63) is 24.3 Å². The smallest absolute Gasteiger partial charge is 0.261 e. The number of carbonyl (C=O) groups excluding carboxylic acids is 1. The van der Waals surface area contributed by atoms with Gasteiger partial charge in [-0.3, -0.25) is 4.79 Å². The largest absolute Gasteiger partial charge is 0.342 e. The second-order valence-electron chi connectivity index (χ2n) is 7.29. The predicted molar refractivity (Wildman–Crippen MR) is 102 cm³/mol. The molecule has 0 aromatic heterocycles. The summed E-state index contributed by atoms with van der Waals surface area (Å²) in [6, 6.07) is 4.52. The van der Waals surface area contributed by atoms with Crippen LogP contribution in [0.2, 0.25) is 0 Å². The van der Waals surface area contributed by atoms with Gasteiger partial charge in [0.25, 0.3) is 15.0 Å². The second kappa shape index (κ2) is 8.09. The Labute approximate surface area is 173 Å². The first-order chi connectivity index (χ1) is 13.4. The third-order valence-corrected chi connectivity index (χ3v) is 8.53. The van der Waals surface area contributed by atoms with Crippen molar-refractivity contribution < 1.29 is 30.4 Å². The topological polar surface area (TPSA) is 91.8 Å². The molecule has 29 heavy (non-hydrogen) atoms. The number of rotatable bonds is 4. The minimum atomic E-state index is -3.97. The number of hydrogen-bond acceptors (Lipinski definition) is 5. The molecular formula is C17H21ClF2N2O5S2. The van der Waals surface area contributed by atoms with Gasteiger partial charge in [0.15, 0.2) is 0 Å². The maximum absolute atomic E-state index is 13.3. The zero-order chi connectivity index (χ0) is 21.4. The van der Waals surface area contributed by atoms with Crippen molar-refractivity contribution in [3.63, 3.8) is 0 Å². The second-order valence-corrected chi connectivity index (χ2v) is 11.8. The summed E-state index contributed by atoms with van der Waals surface area (Å²) in [7, 11) is -2.66. The number of likely N-dealkylation sites (tertiary alicyclic amines) is 1. The van der Waals surface area contributed by atoms with E-state index in [0.717, 1.165) is 24.3 Å². The zero-order valence-corrected chi connectivity index (χ0v) is 17.8. The highest BCUT2D eigenvalue weighted by molar-refractivity contribution is 8.13. The standard InChI is InChI=1S/C17H21ClF2N2O5S2/c18-28(24,25)14-3-5-15(6-4-14)29(26,27)22-9-1-2-13(12-22)16(23)21-10-7-17(19,20)8-11-21/h3-6,13H,1-2,7-12H2/t13-/m1/s1. The SMILES string of the molecule is O=C([C@@H]1CCCN(S(=O)(=O)c2ccc(S(=O)(=O)Cl)cc2)C1)N1CCC(F)(F)CC1. The molecule has 2 aliphatic heterocycles. The summed E-state index contributed by atoms with van der Waals surface area (Å²) in [6.07, 6.45) is 0.182. The molecule has 7 nitrogen and oxygen atoms in total. The Morgan fingerprint density at radius 3 is 2.10 bits per heavy atom. The first-order valence-corrected chi connectivity index (χ1v) is 12.9. The van der Waals surface area contributed by atoms with Crippen LogP contribution < -0.4 is 0 Å². The van der Waals surface area contributed by atoms with Crippen molar-refractivity contribution in [2.45, 2.75) is 41.4 Å². The van der Waals surface area contributed by atoms with Crippen molar-refractivity contribution in [2.75, 3.05) is 26.2 Å². The normalized spacial score (nSPS) is 23.7. The van der Waals surface area contributed by atoms with Crippen LogP contribution in [0.3, 0.4) is 0 Å². The summed E-state index contributed by atoms with van der Waals surface area (Å²) in [4.78, 5) is 13.8. The minimum absolute atomic E-state index is 0.0381. The molecule has 1 aromatic carbocycles. The molecule has 1 atom stereocenters. The summed E-state index contributed by atoms with van der Waals surface area (Å²) >= 11 is 0. The van der Waals surface area contributed by atoms with Gasteiger partial charge < -0.3 is 4.90 Å². The molecule has 0 saturated carbocycles. The average molecular weight is 471 g/mol. The van der Waals surface area contributed by atoms with Gasteiger partial charge in [-0.05, 0) is 37.1 Å². The summed E-state index contributed by atoms with van der Waals surface area (Å²) in [5.74, 6) is -3.65. The zero-order valence-electron chi connectivity index (χ0n) is 15.4. The molecule has 0 N–H and O–H groups in total. The highest BCUT2D eigenvalue weighted by Gasteiger charge is 2.39. The lowest BCUT2D eigenvalue weighted by atomic mass is 9.96. The molecule has 2 heterocycles. The van der Waals surface area contributed by atoms with Crippen molar-refractivity contribution in [1.29, 1.82) is 0 Å². The molecule has 162 valence electrons. The van der Waals surface area contributed by atoms with E-state index < -0.39 is 30.9 Å². The average Bonchev–Trinajstić information content (AvgIpc) is 2.67. The number of nitrogens with zero attached hydrogens (tertiary/aromatic N) is 2. The monoisotopic (exact) mass is 470 g/mol. The first-order valence-electron chi connectivity index (χ1n) is 9.12. The van der Waals surface area contributed by atoms with E-state index in [4.69, 9.17) is 10.7 Å². The summed E-state index contributed by atoms with van der Waals surface area (Å²) < 4.78 is 76.3. The number of hydrogen-bond donors (Lipinski definition) is 0. The van der Waals surface area contributed by atoms with Gasteiger partial charge in [0.05, 0.1) is 15.7 Å². The number of sulfonamides is 1. The van der Waals surface area contributed by atoms with Gasteiger partial charge in [-0.25, -0.2) is 25.6 Å². The van der Waals surface area contributed by atoms with E-state index >= 15 is 0 Å². The number of alkyl halides is 2. The van der Waals surface area contributed by atoms with Crippen LogP contribution in [0.25, 0.3) is 0 Å². The lowest BCUT2D eigenvalue weighted by molar-refractivity contribution is -0.142. The Hall–Kier alpha value is -1.30. The number of benzene rings is 1. The van der Waals surface area contributed by atoms with Crippen LogP contribution in [0.4, 0.5) is 8.78 Å². The van der Waals surface area contributed by atoms with E-state index in [2.05, 4.69) is 0 Å². The highest BCUT2D eigenvalue weighted by atomic mass is 35.7. The van der Waals surface area contributed by atoms with Crippen molar-refractivity contribution in [2.24, 2.45) is 5.92 Å². The van der Waals surface area contributed by atoms with Crippen LogP contribution >= 0.6 is 10.7 Å². The van der Waals surface area contributed by atoms with Gasteiger partial charge in [0.1, 0.15) is 0 Å². The fourth-order valence-electron chi connectivity index (χ4n) is 3.60. The molecule has 2 saturated heterocycles. The quantitative estimate of drug-likeness (QED) is 0.629. The molecule has 2 fully saturated rings. The van der Waals surface area contributed by atoms with E-state index in [9.17, 15) is 30.4 Å². The number of carbonyl (C=O) groups is 1. The third kappa shape index (κ3) is 5.07. The maximum atomic E-state index is 13.3. The fourth-order valence-corrected chi connectivity index (χ4v) is 5.89. The van der Waals surface area contributed by atoms with E-state index in [1.165, 1.54) is 9.21 Å². The van der Waals surface area contributed by atoms with E-state index in [0.29, 0.717) is 12.8 Å². The maximum Gasteiger partial charge on any atom is 0.261 e. The Morgan fingerprint density at radius 2 is 1.55 bits per heavy atom. The van der Waals surface area contributed by atoms with Crippen molar-refractivity contribution in [3.8, 4) is 0 Å². The molecule has 0 bridgehead atoms. The van der Waals surface area contributed by atoms with Crippen LogP contribution in [-0.4, -0.2) is 64.0 Å². The Kier molecular flexibility index (Phi) is 6.24. The molecule has 0 spiro atoms. The molecule has 2 aliphatic rings. The Bertz CT molecular complexity index is 974. The molecule has 12 heteroatoms. The van der Waals surface area contributed by atoms with Gasteiger partial charge in [-0.15, -0.1) is 0 Å². The number of halogens is 3. The summed E-state index contributed by atoms with van der Waals surface area (Å²) in [6.45, 7) is 0.107. The predicted octanol–water partition coefficient (Wildman–Crippen LogP) is 2.27.